The molecule has 24 heavy (non-hydrogen) atoms. The van der Waals surface area contributed by atoms with Crippen LogP contribution in [0.3, 0.4) is 0 Å². The minimum Gasteiger partial charge on any atom is -0.345 e. The van der Waals surface area contributed by atoms with Gasteiger partial charge in [-0.2, -0.15) is 0 Å². The van der Waals surface area contributed by atoms with E-state index in [1.165, 1.54) is 37.7 Å². The van der Waals surface area contributed by atoms with Gasteiger partial charge in [0.05, 0.1) is 12.2 Å². The zero-order valence-corrected chi connectivity index (χ0v) is 15.5. The summed E-state index contributed by atoms with van der Waals surface area (Å²) in [6, 6.07) is 7.17. The molecule has 2 nitrogen and oxygen atoms in total. The standard InChI is InChI=1S/C22H30O2/c1-13-5-7-15-14(11-13)6-8-17-16(15)9-10-22(4)18(17)12-19-20(22)24-21(2,3)23-19/h5,7,11,16-20H,6,8-10,12H2,1-4H3/t16?,17?,18-,19?,20?,22?/m0/s1. The van der Waals surface area contributed by atoms with Crippen LogP contribution in [0.15, 0.2) is 18.2 Å². The van der Waals surface area contributed by atoms with Crippen LogP contribution in [0.2, 0.25) is 0 Å². The first kappa shape index (κ1) is 15.4. The van der Waals surface area contributed by atoms with Gasteiger partial charge in [0.1, 0.15) is 0 Å². The number of aryl methyl sites for hydroxylation is 2. The van der Waals surface area contributed by atoms with Crippen LogP contribution in [0.4, 0.5) is 0 Å². The topological polar surface area (TPSA) is 18.5 Å². The second-order valence-corrected chi connectivity index (χ2v) is 9.49. The predicted octanol–water partition coefficient (Wildman–Crippen LogP) is 4.98. The first-order valence-corrected chi connectivity index (χ1v) is 9.82. The zero-order valence-electron chi connectivity index (χ0n) is 15.5. The zero-order chi connectivity index (χ0) is 16.7. The molecule has 0 bridgehead atoms. The molecule has 130 valence electrons. The Labute approximate surface area is 145 Å². The highest BCUT2D eigenvalue weighted by Gasteiger charge is 2.63. The summed E-state index contributed by atoms with van der Waals surface area (Å²) >= 11 is 0. The Bertz CT molecular complexity index is 679. The molecule has 1 heterocycles. The van der Waals surface area contributed by atoms with Crippen LogP contribution in [-0.2, 0) is 15.9 Å². The lowest BCUT2D eigenvalue weighted by molar-refractivity contribution is -0.178. The molecule has 6 atom stereocenters. The van der Waals surface area contributed by atoms with Gasteiger partial charge in [0.25, 0.3) is 0 Å². The van der Waals surface area contributed by atoms with E-state index in [4.69, 9.17) is 9.47 Å². The Hall–Kier alpha value is -0.860. The van der Waals surface area contributed by atoms with Crippen LogP contribution >= 0.6 is 0 Å². The molecule has 2 heteroatoms. The number of hydrogen-bond acceptors (Lipinski definition) is 2. The number of rotatable bonds is 0. The van der Waals surface area contributed by atoms with Gasteiger partial charge in [-0.3, -0.25) is 0 Å². The lowest BCUT2D eigenvalue weighted by Gasteiger charge is -2.50. The van der Waals surface area contributed by atoms with Gasteiger partial charge in [-0.15, -0.1) is 0 Å². The third-order valence-electron chi connectivity index (χ3n) is 7.64. The molecule has 0 spiro atoms. The van der Waals surface area contributed by atoms with Gasteiger partial charge in [0.2, 0.25) is 0 Å². The van der Waals surface area contributed by atoms with Crippen molar-refractivity contribution in [2.75, 3.05) is 0 Å². The van der Waals surface area contributed by atoms with Crippen molar-refractivity contribution in [2.45, 2.75) is 83.7 Å². The van der Waals surface area contributed by atoms with Crippen molar-refractivity contribution >= 4 is 0 Å². The highest BCUT2D eigenvalue weighted by molar-refractivity contribution is 5.38. The normalized spacial score (nSPS) is 45.2. The van der Waals surface area contributed by atoms with E-state index in [2.05, 4.69) is 45.9 Å². The summed E-state index contributed by atoms with van der Waals surface area (Å²) in [5.74, 6) is 1.95. The van der Waals surface area contributed by atoms with Crippen LogP contribution in [0.5, 0.6) is 0 Å². The van der Waals surface area contributed by atoms with E-state index < -0.39 is 5.79 Å². The minimum absolute atomic E-state index is 0.304. The largest absolute Gasteiger partial charge is 0.345 e. The Kier molecular flexibility index (Phi) is 3.12. The number of ether oxygens (including phenoxy) is 2. The molecule has 0 amide bonds. The predicted molar refractivity (Wildman–Crippen MR) is 95.0 cm³/mol. The van der Waals surface area contributed by atoms with Gasteiger partial charge in [-0.1, -0.05) is 30.7 Å². The number of hydrogen-bond donors (Lipinski definition) is 0. The highest BCUT2D eigenvalue weighted by Crippen LogP contribution is 2.64. The molecule has 0 N–H and O–H groups in total. The Morgan fingerprint density at radius 2 is 1.92 bits per heavy atom. The lowest BCUT2D eigenvalue weighted by atomic mass is 9.55. The molecule has 1 aromatic carbocycles. The molecule has 5 rings (SSSR count). The maximum atomic E-state index is 6.39. The summed E-state index contributed by atoms with van der Waals surface area (Å²) in [4.78, 5) is 0. The molecular weight excluding hydrogens is 296 g/mol. The second-order valence-electron chi connectivity index (χ2n) is 9.49. The smallest absolute Gasteiger partial charge is 0.163 e. The van der Waals surface area contributed by atoms with Gasteiger partial charge >= 0.3 is 0 Å². The maximum absolute atomic E-state index is 6.39. The van der Waals surface area contributed by atoms with Crippen LogP contribution in [0.1, 0.15) is 69.1 Å². The maximum Gasteiger partial charge on any atom is 0.163 e. The second kappa shape index (κ2) is 4.86. The number of benzene rings is 1. The van der Waals surface area contributed by atoms with Gasteiger partial charge in [0, 0.05) is 0 Å². The molecule has 0 radical (unpaired) electrons. The van der Waals surface area contributed by atoms with Crippen LogP contribution in [0.25, 0.3) is 0 Å². The van der Waals surface area contributed by atoms with Gasteiger partial charge < -0.3 is 9.47 Å². The Morgan fingerprint density at radius 1 is 1.08 bits per heavy atom. The van der Waals surface area contributed by atoms with Crippen LogP contribution in [-0.4, -0.2) is 18.0 Å². The average Bonchev–Trinajstić information content (AvgIpc) is 2.97. The molecule has 2 saturated carbocycles. The quantitative estimate of drug-likeness (QED) is 0.669. The molecule has 3 aliphatic carbocycles. The van der Waals surface area contributed by atoms with Crippen LogP contribution < -0.4 is 0 Å². The van der Waals surface area contributed by atoms with Crippen LogP contribution in [0, 0.1) is 24.2 Å². The van der Waals surface area contributed by atoms with Gasteiger partial charge in [-0.05, 0) is 87.2 Å². The third-order valence-corrected chi connectivity index (χ3v) is 7.64. The summed E-state index contributed by atoms with van der Waals surface area (Å²) in [6.45, 7) is 8.87. The number of fused-ring (bicyclic) bond motifs is 7. The van der Waals surface area contributed by atoms with Gasteiger partial charge in [0.15, 0.2) is 5.79 Å². The summed E-state index contributed by atoms with van der Waals surface area (Å²) in [5.41, 5.74) is 4.99. The van der Waals surface area contributed by atoms with E-state index in [1.807, 2.05) is 0 Å². The van der Waals surface area contributed by atoms with E-state index in [9.17, 15) is 0 Å². The van der Waals surface area contributed by atoms with Crippen molar-refractivity contribution in [1.82, 2.24) is 0 Å². The molecule has 3 fully saturated rings. The molecular formula is C22H30O2. The molecule has 4 aliphatic rings. The highest BCUT2D eigenvalue weighted by atomic mass is 16.8. The van der Waals surface area contributed by atoms with Crippen molar-refractivity contribution in [3.05, 3.63) is 34.9 Å². The van der Waals surface area contributed by atoms with Gasteiger partial charge in [-0.25, -0.2) is 0 Å². The van der Waals surface area contributed by atoms with E-state index in [-0.39, 0.29) is 0 Å². The van der Waals surface area contributed by atoms with Crippen molar-refractivity contribution in [3.8, 4) is 0 Å². The summed E-state index contributed by atoms with van der Waals surface area (Å²) < 4.78 is 12.7. The minimum atomic E-state index is -0.392. The fraction of sp³-hybridized carbons (Fsp3) is 0.727. The third kappa shape index (κ3) is 2.02. The van der Waals surface area contributed by atoms with E-state index >= 15 is 0 Å². The summed E-state index contributed by atoms with van der Waals surface area (Å²) in [5, 5.41) is 0. The average molecular weight is 326 g/mol. The van der Waals surface area contributed by atoms with Crippen molar-refractivity contribution in [3.63, 3.8) is 0 Å². The fourth-order valence-electron chi connectivity index (χ4n) is 6.67. The SMILES string of the molecule is Cc1ccc2c(c1)CCC1C2CCC2(C)C3OC(C)(C)OC3C[C@@H]12. The molecule has 1 aliphatic heterocycles. The summed E-state index contributed by atoms with van der Waals surface area (Å²) in [7, 11) is 0. The fourth-order valence-corrected chi connectivity index (χ4v) is 6.67. The first-order chi connectivity index (χ1) is 11.4. The van der Waals surface area contributed by atoms with E-state index in [0.717, 1.165) is 17.8 Å². The van der Waals surface area contributed by atoms with Crippen molar-refractivity contribution in [1.29, 1.82) is 0 Å². The molecule has 5 unspecified atom stereocenters. The molecule has 0 aromatic heterocycles. The van der Waals surface area contributed by atoms with E-state index in [1.54, 1.807) is 11.1 Å². The molecule has 1 saturated heterocycles. The van der Waals surface area contributed by atoms with Crippen molar-refractivity contribution < 1.29 is 9.47 Å². The first-order valence-electron chi connectivity index (χ1n) is 9.82. The monoisotopic (exact) mass is 326 g/mol. The Balaban J connectivity index is 1.48. The summed E-state index contributed by atoms with van der Waals surface area (Å²) in [6.07, 6.45) is 7.03. The lowest BCUT2D eigenvalue weighted by Crippen LogP contribution is -2.45. The van der Waals surface area contributed by atoms with E-state index in [0.29, 0.717) is 17.6 Å². The Morgan fingerprint density at radius 3 is 2.75 bits per heavy atom. The van der Waals surface area contributed by atoms with Crippen molar-refractivity contribution in [2.24, 2.45) is 17.3 Å². The molecule has 1 aromatic rings.